The standard InChI is InChI=1S/C13H28N2/c1-4-6-7-11-15(3)13-10-8-9-12(13)14-5-2/h12-14H,4-11H2,1-3H3. The minimum absolute atomic E-state index is 0.752. The quantitative estimate of drug-likeness (QED) is 0.653. The van der Waals surface area contributed by atoms with E-state index in [2.05, 4.69) is 31.1 Å². The van der Waals surface area contributed by atoms with Crippen molar-refractivity contribution in [3.8, 4) is 0 Å². The lowest BCUT2D eigenvalue weighted by molar-refractivity contribution is 0.209. The lowest BCUT2D eigenvalue weighted by atomic mass is 10.1. The molecular weight excluding hydrogens is 184 g/mol. The first-order valence-corrected chi connectivity index (χ1v) is 6.73. The van der Waals surface area contributed by atoms with E-state index in [-0.39, 0.29) is 0 Å². The van der Waals surface area contributed by atoms with Gasteiger partial charge in [-0.05, 0) is 39.4 Å². The molecule has 2 heteroatoms. The largest absolute Gasteiger partial charge is 0.313 e. The van der Waals surface area contributed by atoms with Gasteiger partial charge in [0, 0.05) is 12.1 Å². The molecule has 0 amide bonds. The highest BCUT2D eigenvalue weighted by Gasteiger charge is 2.28. The molecule has 0 aromatic carbocycles. The van der Waals surface area contributed by atoms with E-state index in [1.165, 1.54) is 45.1 Å². The molecule has 2 nitrogen and oxygen atoms in total. The van der Waals surface area contributed by atoms with Gasteiger partial charge in [-0.1, -0.05) is 33.1 Å². The number of nitrogens with one attached hydrogen (secondary N) is 1. The average molecular weight is 212 g/mol. The summed E-state index contributed by atoms with van der Waals surface area (Å²) < 4.78 is 0. The smallest absolute Gasteiger partial charge is 0.0246 e. The summed E-state index contributed by atoms with van der Waals surface area (Å²) in [5.74, 6) is 0. The van der Waals surface area contributed by atoms with Crippen LogP contribution in [0.3, 0.4) is 0 Å². The number of hydrogen-bond donors (Lipinski definition) is 1. The molecule has 0 bridgehead atoms. The first-order chi connectivity index (χ1) is 7.29. The fourth-order valence-corrected chi connectivity index (χ4v) is 2.75. The highest BCUT2D eigenvalue weighted by atomic mass is 15.2. The van der Waals surface area contributed by atoms with Crippen molar-refractivity contribution in [3.63, 3.8) is 0 Å². The van der Waals surface area contributed by atoms with Gasteiger partial charge in [0.05, 0.1) is 0 Å². The summed E-state index contributed by atoms with van der Waals surface area (Å²) in [5.41, 5.74) is 0. The van der Waals surface area contributed by atoms with Crippen LogP contribution in [0, 0.1) is 0 Å². The van der Waals surface area contributed by atoms with Crippen LogP contribution >= 0.6 is 0 Å². The van der Waals surface area contributed by atoms with Crippen molar-refractivity contribution >= 4 is 0 Å². The molecule has 0 radical (unpaired) electrons. The number of rotatable bonds is 7. The Hall–Kier alpha value is -0.0800. The zero-order chi connectivity index (χ0) is 11.1. The molecule has 0 aromatic heterocycles. The van der Waals surface area contributed by atoms with E-state index in [9.17, 15) is 0 Å². The molecule has 2 atom stereocenters. The lowest BCUT2D eigenvalue weighted by Gasteiger charge is -2.30. The van der Waals surface area contributed by atoms with Gasteiger partial charge in [0.1, 0.15) is 0 Å². The second-order valence-corrected chi connectivity index (χ2v) is 4.85. The normalized spacial score (nSPS) is 26.4. The van der Waals surface area contributed by atoms with Gasteiger partial charge in [-0.15, -0.1) is 0 Å². The number of unbranched alkanes of at least 4 members (excludes halogenated alkanes) is 2. The molecule has 2 unspecified atom stereocenters. The Morgan fingerprint density at radius 2 is 2.00 bits per heavy atom. The second kappa shape index (κ2) is 7.24. The van der Waals surface area contributed by atoms with Crippen molar-refractivity contribution in [2.24, 2.45) is 0 Å². The van der Waals surface area contributed by atoms with E-state index in [4.69, 9.17) is 0 Å². The SMILES string of the molecule is CCCCCN(C)C1CCCC1NCC. The molecule has 0 aromatic rings. The summed E-state index contributed by atoms with van der Waals surface area (Å²) in [4.78, 5) is 2.58. The molecule has 0 saturated heterocycles. The van der Waals surface area contributed by atoms with Crippen LogP contribution in [-0.4, -0.2) is 37.1 Å². The Balaban J connectivity index is 2.26. The summed E-state index contributed by atoms with van der Waals surface area (Å²) in [6.45, 7) is 6.88. The van der Waals surface area contributed by atoms with Gasteiger partial charge >= 0.3 is 0 Å². The number of nitrogens with zero attached hydrogens (tertiary/aromatic N) is 1. The maximum absolute atomic E-state index is 3.62. The predicted molar refractivity (Wildman–Crippen MR) is 67.3 cm³/mol. The van der Waals surface area contributed by atoms with Crippen molar-refractivity contribution in [2.75, 3.05) is 20.1 Å². The fraction of sp³-hybridized carbons (Fsp3) is 1.00. The Bertz CT molecular complexity index is 159. The highest BCUT2D eigenvalue weighted by molar-refractivity contribution is 4.88. The van der Waals surface area contributed by atoms with Crippen molar-refractivity contribution in [2.45, 2.75) is 64.5 Å². The van der Waals surface area contributed by atoms with E-state index >= 15 is 0 Å². The van der Waals surface area contributed by atoms with Gasteiger partial charge in [-0.25, -0.2) is 0 Å². The minimum Gasteiger partial charge on any atom is -0.313 e. The van der Waals surface area contributed by atoms with E-state index in [1.54, 1.807) is 0 Å². The van der Waals surface area contributed by atoms with Gasteiger partial charge in [0.15, 0.2) is 0 Å². The zero-order valence-corrected chi connectivity index (χ0v) is 10.8. The summed E-state index contributed by atoms with van der Waals surface area (Å²) in [6.07, 6.45) is 8.23. The summed E-state index contributed by atoms with van der Waals surface area (Å²) in [5, 5.41) is 3.62. The Kier molecular flexibility index (Phi) is 6.26. The number of likely N-dealkylation sites (N-methyl/N-ethyl adjacent to an activating group) is 2. The topological polar surface area (TPSA) is 15.3 Å². The number of hydrogen-bond acceptors (Lipinski definition) is 2. The van der Waals surface area contributed by atoms with Crippen LogP contribution in [0.5, 0.6) is 0 Å². The van der Waals surface area contributed by atoms with Crippen LogP contribution in [0.4, 0.5) is 0 Å². The molecule has 1 aliphatic carbocycles. The molecule has 1 fully saturated rings. The Morgan fingerprint density at radius 3 is 2.67 bits per heavy atom. The third-order valence-corrected chi connectivity index (χ3v) is 3.63. The molecule has 1 saturated carbocycles. The van der Waals surface area contributed by atoms with Crippen LogP contribution in [0.1, 0.15) is 52.4 Å². The van der Waals surface area contributed by atoms with Gasteiger partial charge in [-0.2, -0.15) is 0 Å². The maximum Gasteiger partial charge on any atom is 0.0246 e. The first-order valence-electron chi connectivity index (χ1n) is 6.73. The van der Waals surface area contributed by atoms with Gasteiger partial charge in [-0.3, -0.25) is 0 Å². The minimum atomic E-state index is 0.752. The van der Waals surface area contributed by atoms with E-state index in [1.807, 2.05) is 0 Å². The van der Waals surface area contributed by atoms with Crippen LogP contribution in [0.2, 0.25) is 0 Å². The van der Waals surface area contributed by atoms with Crippen LogP contribution in [0.15, 0.2) is 0 Å². The maximum atomic E-state index is 3.62. The van der Waals surface area contributed by atoms with E-state index in [0.717, 1.165) is 18.6 Å². The highest BCUT2D eigenvalue weighted by Crippen LogP contribution is 2.23. The zero-order valence-electron chi connectivity index (χ0n) is 10.8. The third kappa shape index (κ3) is 4.12. The molecule has 15 heavy (non-hydrogen) atoms. The van der Waals surface area contributed by atoms with Crippen molar-refractivity contribution in [1.82, 2.24) is 10.2 Å². The summed E-state index contributed by atoms with van der Waals surface area (Å²) in [7, 11) is 2.30. The van der Waals surface area contributed by atoms with Gasteiger partial charge < -0.3 is 10.2 Å². The van der Waals surface area contributed by atoms with E-state index < -0.39 is 0 Å². The molecular formula is C13H28N2. The Morgan fingerprint density at radius 1 is 1.20 bits per heavy atom. The predicted octanol–water partition coefficient (Wildman–Crippen LogP) is 2.64. The average Bonchev–Trinajstić information content (AvgIpc) is 2.67. The Labute approximate surface area is 95.4 Å². The van der Waals surface area contributed by atoms with Crippen molar-refractivity contribution in [3.05, 3.63) is 0 Å². The van der Waals surface area contributed by atoms with Crippen LogP contribution in [0.25, 0.3) is 0 Å². The van der Waals surface area contributed by atoms with E-state index in [0.29, 0.717) is 0 Å². The first kappa shape index (κ1) is 13.0. The van der Waals surface area contributed by atoms with Crippen LogP contribution < -0.4 is 5.32 Å². The van der Waals surface area contributed by atoms with Gasteiger partial charge in [0.2, 0.25) is 0 Å². The third-order valence-electron chi connectivity index (χ3n) is 3.63. The molecule has 1 rings (SSSR count). The van der Waals surface area contributed by atoms with Crippen molar-refractivity contribution in [1.29, 1.82) is 0 Å². The molecule has 90 valence electrons. The second-order valence-electron chi connectivity index (χ2n) is 4.85. The van der Waals surface area contributed by atoms with Gasteiger partial charge in [0.25, 0.3) is 0 Å². The molecule has 1 aliphatic rings. The molecule has 0 spiro atoms. The van der Waals surface area contributed by atoms with Crippen molar-refractivity contribution < 1.29 is 0 Å². The molecule has 1 N–H and O–H groups in total. The lowest BCUT2D eigenvalue weighted by Crippen LogP contribution is -2.45. The fourth-order valence-electron chi connectivity index (χ4n) is 2.75. The summed E-state index contributed by atoms with van der Waals surface area (Å²) >= 11 is 0. The molecule has 0 aliphatic heterocycles. The monoisotopic (exact) mass is 212 g/mol. The summed E-state index contributed by atoms with van der Waals surface area (Å²) in [6, 6.07) is 1.54. The van der Waals surface area contributed by atoms with Crippen LogP contribution in [-0.2, 0) is 0 Å². The molecule has 0 heterocycles.